The second kappa shape index (κ2) is 4.32. The first-order valence-electron chi connectivity index (χ1n) is 4.60. The van der Waals surface area contributed by atoms with Gasteiger partial charge in [-0.25, -0.2) is 0 Å². The van der Waals surface area contributed by atoms with Crippen LogP contribution in [0, 0.1) is 6.92 Å². The Labute approximate surface area is 93.5 Å². The minimum Gasteiger partial charge on any atom is -0.456 e. The smallest absolute Gasteiger partial charge is 0.145 e. The van der Waals surface area contributed by atoms with Crippen LogP contribution in [0.15, 0.2) is 42.6 Å². The lowest BCUT2D eigenvalue weighted by Crippen LogP contribution is -1.86. The van der Waals surface area contributed by atoms with E-state index in [2.05, 4.69) is 4.98 Å². The van der Waals surface area contributed by atoms with E-state index in [1.165, 1.54) is 0 Å². The van der Waals surface area contributed by atoms with E-state index < -0.39 is 0 Å². The lowest BCUT2D eigenvalue weighted by molar-refractivity contribution is 0.480. The Balaban J connectivity index is 2.15. The summed E-state index contributed by atoms with van der Waals surface area (Å²) in [5.41, 5.74) is 0.971. The van der Waals surface area contributed by atoms with E-state index in [9.17, 15) is 0 Å². The van der Waals surface area contributed by atoms with Crippen molar-refractivity contribution in [3.05, 3.63) is 53.3 Å². The summed E-state index contributed by atoms with van der Waals surface area (Å²) >= 11 is 5.77. The maximum absolute atomic E-state index is 5.77. The molecule has 2 nitrogen and oxygen atoms in total. The van der Waals surface area contributed by atoms with Crippen LogP contribution in [-0.4, -0.2) is 4.98 Å². The van der Waals surface area contributed by atoms with Gasteiger partial charge in [0.25, 0.3) is 0 Å². The summed E-state index contributed by atoms with van der Waals surface area (Å²) in [6.45, 7) is 1.94. The van der Waals surface area contributed by atoms with Crippen LogP contribution in [0.4, 0.5) is 0 Å². The number of benzene rings is 1. The average Bonchev–Trinajstić information content (AvgIpc) is 2.25. The molecule has 0 amide bonds. The van der Waals surface area contributed by atoms with Gasteiger partial charge < -0.3 is 4.74 Å². The van der Waals surface area contributed by atoms with Gasteiger partial charge in [0, 0.05) is 10.7 Å². The molecular weight excluding hydrogens is 210 g/mol. The first kappa shape index (κ1) is 9.99. The quantitative estimate of drug-likeness (QED) is 0.766. The van der Waals surface area contributed by atoms with E-state index in [-0.39, 0.29) is 0 Å². The Morgan fingerprint density at radius 2 is 1.67 bits per heavy atom. The topological polar surface area (TPSA) is 22.1 Å². The molecule has 0 radical (unpaired) electrons. The highest BCUT2D eigenvalue weighted by Gasteiger charge is 1.97. The first-order valence-corrected chi connectivity index (χ1v) is 4.98. The zero-order valence-corrected chi connectivity index (χ0v) is 9.03. The predicted molar refractivity (Wildman–Crippen MR) is 60.5 cm³/mol. The third-order valence-corrected chi connectivity index (χ3v) is 2.19. The molecule has 2 aromatic rings. The summed E-state index contributed by atoms with van der Waals surface area (Å²) in [4.78, 5) is 4.14. The van der Waals surface area contributed by atoms with Crippen molar-refractivity contribution in [2.75, 3.05) is 0 Å². The van der Waals surface area contributed by atoms with Gasteiger partial charge in [-0.1, -0.05) is 11.6 Å². The summed E-state index contributed by atoms with van der Waals surface area (Å²) in [6.07, 6.45) is 1.70. The van der Waals surface area contributed by atoms with Crippen LogP contribution in [0.1, 0.15) is 5.69 Å². The molecule has 0 aliphatic carbocycles. The minimum atomic E-state index is 0.699. The van der Waals surface area contributed by atoms with Crippen molar-refractivity contribution in [3.8, 4) is 11.5 Å². The molecule has 76 valence electrons. The number of pyridine rings is 1. The molecule has 0 bridgehead atoms. The van der Waals surface area contributed by atoms with Crippen LogP contribution in [0.5, 0.6) is 11.5 Å². The molecule has 0 fully saturated rings. The lowest BCUT2D eigenvalue weighted by Gasteiger charge is -2.04. The van der Waals surface area contributed by atoms with E-state index >= 15 is 0 Å². The van der Waals surface area contributed by atoms with Gasteiger partial charge >= 0.3 is 0 Å². The van der Waals surface area contributed by atoms with Crippen LogP contribution in [-0.2, 0) is 0 Å². The number of hydrogen-bond donors (Lipinski definition) is 0. The SMILES string of the molecule is Cc1ccc(Oc2ccc(Cl)cc2)cn1. The third-order valence-electron chi connectivity index (χ3n) is 1.93. The summed E-state index contributed by atoms with van der Waals surface area (Å²) < 4.78 is 5.57. The van der Waals surface area contributed by atoms with Crippen molar-refractivity contribution in [2.45, 2.75) is 6.92 Å². The standard InChI is InChI=1S/C12H10ClNO/c1-9-2-5-12(8-14-9)15-11-6-3-10(13)4-7-11/h2-8H,1H3. The highest BCUT2D eigenvalue weighted by molar-refractivity contribution is 6.30. The predicted octanol–water partition coefficient (Wildman–Crippen LogP) is 3.84. The molecule has 0 spiro atoms. The van der Waals surface area contributed by atoms with Crippen LogP contribution in [0.3, 0.4) is 0 Å². The molecular formula is C12H10ClNO. The van der Waals surface area contributed by atoms with Crippen LogP contribution >= 0.6 is 11.6 Å². The second-order valence-corrected chi connectivity index (χ2v) is 3.63. The molecule has 0 N–H and O–H groups in total. The summed E-state index contributed by atoms with van der Waals surface area (Å²) in [5.74, 6) is 1.48. The zero-order chi connectivity index (χ0) is 10.7. The van der Waals surface area contributed by atoms with Crippen molar-refractivity contribution in [1.29, 1.82) is 0 Å². The second-order valence-electron chi connectivity index (χ2n) is 3.19. The fraction of sp³-hybridized carbons (Fsp3) is 0.0833. The number of aromatic nitrogens is 1. The summed E-state index contributed by atoms with van der Waals surface area (Å²) in [6, 6.07) is 11.0. The van der Waals surface area contributed by atoms with Crippen LogP contribution in [0.2, 0.25) is 5.02 Å². The molecule has 1 aromatic heterocycles. The Morgan fingerprint density at radius 3 is 2.27 bits per heavy atom. The van der Waals surface area contributed by atoms with Gasteiger partial charge in [-0.2, -0.15) is 0 Å². The normalized spacial score (nSPS) is 10.0. The number of hydrogen-bond acceptors (Lipinski definition) is 2. The Hall–Kier alpha value is -1.54. The molecule has 0 saturated heterocycles. The Bertz CT molecular complexity index is 393. The Morgan fingerprint density at radius 1 is 1.00 bits per heavy atom. The monoisotopic (exact) mass is 219 g/mol. The van der Waals surface area contributed by atoms with Gasteiger partial charge in [-0.15, -0.1) is 0 Å². The molecule has 15 heavy (non-hydrogen) atoms. The molecule has 0 aliphatic rings. The molecule has 2 rings (SSSR count). The van der Waals surface area contributed by atoms with E-state index in [4.69, 9.17) is 16.3 Å². The highest BCUT2D eigenvalue weighted by Crippen LogP contribution is 2.22. The maximum atomic E-state index is 5.77. The number of nitrogens with zero attached hydrogens (tertiary/aromatic N) is 1. The van der Waals surface area contributed by atoms with Gasteiger partial charge in [-0.3, -0.25) is 4.98 Å². The van der Waals surface area contributed by atoms with Crippen LogP contribution in [0.25, 0.3) is 0 Å². The summed E-state index contributed by atoms with van der Waals surface area (Å²) in [7, 11) is 0. The van der Waals surface area contributed by atoms with Gasteiger partial charge in [0.1, 0.15) is 11.5 Å². The van der Waals surface area contributed by atoms with E-state index in [1.54, 1.807) is 18.3 Å². The van der Waals surface area contributed by atoms with Gasteiger partial charge in [0.15, 0.2) is 0 Å². The number of rotatable bonds is 2. The number of halogens is 1. The number of ether oxygens (including phenoxy) is 1. The molecule has 0 unspecified atom stereocenters. The largest absolute Gasteiger partial charge is 0.456 e. The van der Waals surface area contributed by atoms with Crippen molar-refractivity contribution in [1.82, 2.24) is 4.98 Å². The van der Waals surface area contributed by atoms with Gasteiger partial charge in [0.05, 0.1) is 6.20 Å². The first-order chi connectivity index (χ1) is 7.24. The van der Waals surface area contributed by atoms with E-state index in [0.29, 0.717) is 5.02 Å². The fourth-order valence-electron chi connectivity index (χ4n) is 1.15. The maximum Gasteiger partial charge on any atom is 0.145 e. The van der Waals surface area contributed by atoms with Crippen molar-refractivity contribution < 1.29 is 4.74 Å². The molecule has 1 heterocycles. The Kier molecular flexibility index (Phi) is 2.88. The van der Waals surface area contributed by atoms with Crippen LogP contribution < -0.4 is 4.74 Å². The van der Waals surface area contributed by atoms with Crippen molar-refractivity contribution in [2.24, 2.45) is 0 Å². The van der Waals surface area contributed by atoms with Gasteiger partial charge in [-0.05, 0) is 43.3 Å². The lowest BCUT2D eigenvalue weighted by atomic mass is 10.3. The third kappa shape index (κ3) is 2.70. The molecule has 0 atom stereocenters. The zero-order valence-electron chi connectivity index (χ0n) is 8.27. The van der Waals surface area contributed by atoms with Crippen molar-refractivity contribution in [3.63, 3.8) is 0 Å². The molecule has 0 aliphatic heterocycles. The minimum absolute atomic E-state index is 0.699. The molecule has 1 aromatic carbocycles. The average molecular weight is 220 g/mol. The number of aryl methyl sites for hydroxylation is 1. The van der Waals surface area contributed by atoms with Gasteiger partial charge in [0.2, 0.25) is 0 Å². The fourth-order valence-corrected chi connectivity index (χ4v) is 1.28. The van der Waals surface area contributed by atoms with E-state index in [1.807, 2.05) is 31.2 Å². The molecule has 3 heteroatoms. The molecule has 0 saturated carbocycles. The highest BCUT2D eigenvalue weighted by atomic mass is 35.5. The van der Waals surface area contributed by atoms with Crippen molar-refractivity contribution >= 4 is 11.6 Å². The van der Waals surface area contributed by atoms with E-state index in [0.717, 1.165) is 17.2 Å². The summed E-state index contributed by atoms with van der Waals surface area (Å²) in [5, 5.41) is 0.699.